The van der Waals surface area contributed by atoms with Crippen molar-refractivity contribution in [3.05, 3.63) is 59.2 Å². The second-order valence-corrected chi connectivity index (χ2v) is 4.83. The zero-order chi connectivity index (χ0) is 15.2. The van der Waals surface area contributed by atoms with E-state index in [1.807, 2.05) is 18.2 Å². The van der Waals surface area contributed by atoms with Crippen LogP contribution in [0.3, 0.4) is 0 Å². The first-order valence-corrected chi connectivity index (χ1v) is 6.86. The summed E-state index contributed by atoms with van der Waals surface area (Å²) in [4.78, 5) is 0. The van der Waals surface area contributed by atoms with E-state index in [1.54, 1.807) is 0 Å². The fraction of sp³-hybridized carbons (Fsp3) is 0.222. The molecule has 3 rings (SSSR count). The molecule has 0 saturated heterocycles. The largest absolute Gasteiger partial charge is 0.316 e. The topological polar surface area (TPSA) is 12.0 Å². The number of hydrogen-bond donors (Lipinski definition) is 1. The van der Waals surface area contributed by atoms with Crippen molar-refractivity contribution in [1.82, 2.24) is 5.32 Å². The van der Waals surface area contributed by atoms with Gasteiger partial charge in [0.1, 0.15) is 11.6 Å². The fourth-order valence-corrected chi connectivity index (χ4v) is 2.60. The van der Waals surface area contributed by atoms with Gasteiger partial charge >= 0.3 is 0 Å². The standard InChI is InChI=1S/C16H15F2N.C2H2/c17-14-2-1-3-15(18)16(14)13-5-4-11-6-8-19-9-7-12(11)10-13;1-2/h1-5,10,19H,6-9H2;1-2H. The van der Waals surface area contributed by atoms with E-state index in [2.05, 4.69) is 18.2 Å². The molecule has 3 heteroatoms. The molecule has 0 aliphatic carbocycles. The van der Waals surface area contributed by atoms with Gasteiger partial charge in [0, 0.05) is 0 Å². The summed E-state index contributed by atoms with van der Waals surface area (Å²) >= 11 is 0. The highest BCUT2D eigenvalue weighted by molar-refractivity contribution is 5.66. The molecule has 0 fully saturated rings. The Morgan fingerprint density at radius 3 is 2.14 bits per heavy atom. The van der Waals surface area contributed by atoms with Crippen molar-refractivity contribution in [1.29, 1.82) is 0 Å². The Balaban J connectivity index is 0.000000774. The van der Waals surface area contributed by atoms with Gasteiger partial charge < -0.3 is 5.32 Å². The van der Waals surface area contributed by atoms with Crippen molar-refractivity contribution in [2.45, 2.75) is 12.8 Å². The van der Waals surface area contributed by atoms with Gasteiger partial charge in [0.15, 0.2) is 0 Å². The van der Waals surface area contributed by atoms with Gasteiger partial charge in [-0.15, -0.1) is 12.8 Å². The highest BCUT2D eigenvalue weighted by Crippen LogP contribution is 2.28. The van der Waals surface area contributed by atoms with Crippen molar-refractivity contribution in [3.63, 3.8) is 0 Å². The first-order valence-electron chi connectivity index (χ1n) is 6.86. The number of nitrogens with one attached hydrogen (secondary N) is 1. The molecule has 0 amide bonds. The maximum absolute atomic E-state index is 13.8. The molecule has 0 atom stereocenters. The minimum Gasteiger partial charge on any atom is -0.316 e. The van der Waals surface area contributed by atoms with Gasteiger partial charge in [-0.1, -0.05) is 24.3 Å². The van der Waals surface area contributed by atoms with Gasteiger partial charge in [-0.05, 0) is 54.8 Å². The second-order valence-electron chi connectivity index (χ2n) is 4.83. The quantitative estimate of drug-likeness (QED) is 0.790. The summed E-state index contributed by atoms with van der Waals surface area (Å²) in [6, 6.07) is 9.71. The van der Waals surface area contributed by atoms with Gasteiger partial charge in [0.25, 0.3) is 0 Å². The minimum absolute atomic E-state index is 0.0718. The van der Waals surface area contributed by atoms with Crippen LogP contribution in [0.5, 0.6) is 0 Å². The molecule has 0 bridgehead atoms. The Labute approximate surface area is 124 Å². The molecule has 0 unspecified atom stereocenters. The van der Waals surface area contributed by atoms with Crippen LogP contribution in [0.1, 0.15) is 11.1 Å². The summed E-state index contributed by atoms with van der Waals surface area (Å²) < 4.78 is 27.6. The third kappa shape index (κ3) is 3.29. The van der Waals surface area contributed by atoms with Crippen LogP contribution in [-0.4, -0.2) is 13.1 Å². The normalized spacial score (nSPS) is 13.5. The highest BCUT2D eigenvalue weighted by atomic mass is 19.1. The average Bonchev–Trinajstić information content (AvgIpc) is 2.74. The Morgan fingerprint density at radius 2 is 1.48 bits per heavy atom. The molecule has 2 aromatic carbocycles. The molecular formula is C18H17F2N. The predicted octanol–water partition coefficient (Wildman–Crippen LogP) is 3.57. The molecule has 0 radical (unpaired) electrons. The Morgan fingerprint density at radius 1 is 0.857 bits per heavy atom. The van der Waals surface area contributed by atoms with E-state index in [-0.39, 0.29) is 5.56 Å². The lowest BCUT2D eigenvalue weighted by atomic mass is 9.96. The molecular weight excluding hydrogens is 268 g/mol. The SMILES string of the molecule is C#C.Fc1cccc(F)c1-c1ccc2c(c1)CCNCC2. The van der Waals surface area contributed by atoms with Crippen molar-refractivity contribution in [3.8, 4) is 24.0 Å². The summed E-state index contributed by atoms with van der Waals surface area (Å²) in [7, 11) is 0. The molecule has 0 saturated carbocycles. The van der Waals surface area contributed by atoms with Crippen LogP contribution in [-0.2, 0) is 12.8 Å². The Hall–Kier alpha value is -2.18. The average molecular weight is 285 g/mol. The van der Waals surface area contributed by atoms with Crippen LogP contribution in [0, 0.1) is 24.5 Å². The molecule has 0 aromatic heterocycles. The number of benzene rings is 2. The lowest BCUT2D eigenvalue weighted by Crippen LogP contribution is -2.16. The number of fused-ring (bicyclic) bond motifs is 1. The molecule has 2 aromatic rings. The van der Waals surface area contributed by atoms with E-state index in [9.17, 15) is 8.78 Å². The van der Waals surface area contributed by atoms with E-state index >= 15 is 0 Å². The van der Waals surface area contributed by atoms with E-state index in [4.69, 9.17) is 0 Å². The number of hydrogen-bond acceptors (Lipinski definition) is 1. The first-order chi connectivity index (χ1) is 10.3. The summed E-state index contributed by atoms with van der Waals surface area (Å²) in [6.07, 6.45) is 9.87. The smallest absolute Gasteiger partial charge is 0.133 e. The van der Waals surface area contributed by atoms with Crippen LogP contribution in [0.2, 0.25) is 0 Å². The van der Waals surface area contributed by atoms with Gasteiger partial charge in [-0.3, -0.25) is 0 Å². The highest BCUT2D eigenvalue weighted by Gasteiger charge is 2.14. The van der Waals surface area contributed by atoms with Gasteiger partial charge in [0.05, 0.1) is 5.56 Å². The van der Waals surface area contributed by atoms with Crippen molar-refractivity contribution < 1.29 is 8.78 Å². The van der Waals surface area contributed by atoms with Gasteiger partial charge in [0.2, 0.25) is 0 Å². The van der Waals surface area contributed by atoms with Crippen LogP contribution in [0.15, 0.2) is 36.4 Å². The van der Waals surface area contributed by atoms with Crippen molar-refractivity contribution in [2.24, 2.45) is 0 Å². The lowest BCUT2D eigenvalue weighted by Gasteiger charge is -2.10. The lowest BCUT2D eigenvalue weighted by molar-refractivity contribution is 0.589. The molecule has 1 heterocycles. The molecule has 108 valence electrons. The summed E-state index contributed by atoms with van der Waals surface area (Å²) in [5.41, 5.74) is 3.15. The summed E-state index contributed by atoms with van der Waals surface area (Å²) in [5, 5.41) is 3.33. The second kappa shape index (κ2) is 7.01. The first kappa shape index (κ1) is 15.2. The minimum atomic E-state index is -0.508. The zero-order valence-corrected chi connectivity index (χ0v) is 11.7. The van der Waals surface area contributed by atoms with Crippen LogP contribution < -0.4 is 5.32 Å². The van der Waals surface area contributed by atoms with Crippen molar-refractivity contribution >= 4 is 0 Å². The predicted molar refractivity (Wildman–Crippen MR) is 82.0 cm³/mol. The zero-order valence-electron chi connectivity index (χ0n) is 11.7. The van der Waals surface area contributed by atoms with Gasteiger partial charge in [-0.25, -0.2) is 8.78 Å². The Bertz CT molecular complexity index is 627. The van der Waals surface area contributed by atoms with E-state index in [0.29, 0.717) is 5.56 Å². The van der Waals surface area contributed by atoms with Crippen LogP contribution in [0.4, 0.5) is 8.78 Å². The van der Waals surface area contributed by atoms with E-state index < -0.39 is 11.6 Å². The van der Waals surface area contributed by atoms with Crippen molar-refractivity contribution in [2.75, 3.05) is 13.1 Å². The molecule has 1 aliphatic rings. The third-order valence-corrected chi connectivity index (χ3v) is 3.60. The Kier molecular flexibility index (Phi) is 5.08. The maximum Gasteiger partial charge on any atom is 0.133 e. The maximum atomic E-state index is 13.8. The van der Waals surface area contributed by atoms with Crippen LogP contribution >= 0.6 is 0 Å². The number of terminal acetylenes is 1. The summed E-state index contributed by atoms with van der Waals surface area (Å²) in [5.74, 6) is -1.02. The summed E-state index contributed by atoms with van der Waals surface area (Å²) in [6.45, 7) is 1.87. The molecule has 1 N–H and O–H groups in total. The third-order valence-electron chi connectivity index (χ3n) is 3.60. The van der Waals surface area contributed by atoms with Crippen LogP contribution in [0.25, 0.3) is 11.1 Å². The van der Waals surface area contributed by atoms with Gasteiger partial charge in [-0.2, -0.15) is 0 Å². The fourth-order valence-electron chi connectivity index (χ4n) is 2.60. The number of rotatable bonds is 1. The van der Waals surface area contributed by atoms with E-state index in [0.717, 1.165) is 25.9 Å². The molecule has 21 heavy (non-hydrogen) atoms. The monoisotopic (exact) mass is 285 g/mol. The van der Waals surface area contributed by atoms with E-state index in [1.165, 1.54) is 29.3 Å². The molecule has 1 aliphatic heterocycles. The number of halogens is 2. The molecule has 0 spiro atoms. The molecule has 1 nitrogen and oxygen atoms in total.